The van der Waals surface area contributed by atoms with Crippen molar-refractivity contribution in [1.29, 1.82) is 0 Å². The van der Waals surface area contributed by atoms with Gasteiger partial charge in [0.05, 0.1) is 18.4 Å². The Morgan fingerprint density at radius 3 is 2.37 bits per heavy atom. The predicted molar refractivity (Wildman–Crippen MR) is 94.5 cm³/mol. The monoisotopic (exact) mass is 374 g/mol. The topological polar surface area (TPSA) is 44.2 Å². The normalized spacial score (nSPS) is 11.3. The van der Waals surface area contributed by atoms with Crippen LogP contribution in [0.1, 0.15) is 16.8 Å². The van der Waals surface area contributed by atoms with Crippen molar-refractivity contribution < 1.29 is 22.6 Å². The first-order valence-corrected chi connectivity index (χ1v) is 8.14. The zero-order valence-electron chi connectivity index (χ0n) is 14.7. The zero-order valence-corrected chi connectivity index (χ0v) is 14.7. The lowest BCUT2D eigenvalue weighted by atomic mass is 10.0. The molecule has 0 atom stereocenters. The van der Waals surface area contributed by atoms with E-state index in [4.69, 9.17) is 9.47 Å². The molecule has 27 heavy (non-hydrogen) atoms. The van der Waals surface area contributed by atoms with Crippen LogP contribution in [0.4, 0.5) is 13.2 Å². The van der Waals surface area contributed by atoms with Gasteiger partial charge >= 0.3 is 6.18 Å². The van der Waals surface area contributed by atoms with Crippen LogP contribution in [0.2, 0.25) is 0 Å². The van der Waals surface area contributed by atoms with Crippen LogP contribution in [0.15, 0.2) is 54.6 Å². The summed E-state index contributed by atoms with van der Waals surface area (Å²) in [4.78, 5) is 0. The molecule has 0 bridgehead atoms. The molecule has 140 valence electrons. The van der Waals surface area contributed by atoms with E-state index in [0.717, 1.165) is 23.4 Å². The molecule has 1 heterocycles. The van der Waals surface area contributed by atoms with Crippen molar-refractivity contribution in [2.45, 2.75) is 19.7 Å². The van der Waals surface area contributed by atoms with Crippen LogP contribution in [-0.4, -0.2) is 17.3 Å². The van der Waals surface area contributed by atoms with Gasteiger partial charge in [0.15, 0.2) is 0 Å². The first-order chi connectivity index (χ1) is 12.9. The van der Waals surface area contributed by atoms with Gasteiger partial charge in [-0.25, -0.2) is 0 Å². The average Bonchev–Trinajstić information content (AvgIpc) is 2.67. The summed E-state index contributed by atoms with van der Waals surface area (Å²) < 4.78 is 49.9. The van der Waals surface area contributed by atoms with Crippen LogP contribution in [0.25, 0.3) is 11.1 Å². The van der Waals surface area contributed by atoms with E-state index in [1.54, 1.807) is 38.3 Å². The Balaban J connectivity index is 1.89. The average molecular weight is 374 g/mol. The molecule has 0 saturated heterocycles. The second-order valence-corrected chi connectivity index (χ2v) is 5.92. The number of rotatable bonds is 5. The molecule has 0 aliphatic carbocycles. The Hall–Kier alpha value is -3.09. The van der Waals surface area contributed by atoms with E-state index in [1.807, 2.05) is 12.1 Å². The summed E-state index contributed by atoms with van der Waals surface area (Å²) in [6.45, 7) is 1.92. The largest absolute Gasteiger partial charge is 0.497 e. The summed E-state index contributed by atoms with van der Waals surface area (Å²) in [5, 5.41) is 7.98. The molecule has 0 unspecified atom stereocenters. The van der Waals surface area contributed by atoms with Crippen LogP contribution in [-0.2, 0) is 12.8 Å². The predicted octanol–water partition coefficient (Wildman–Crippen LogP) is 5.06. The zero-order chi connectivity index (χ0) is 19.4. The maximum Gasteiger partial charge on any atom is 0.416 e. The minimum Gasteiger partial charge on any atom is -0.497 e. The number of hydrogen-bond donors (Lipinski definition) is 0. The number of benzene rings is 2. The lowest BCUT2D eigenvalue weighted by Crippen LogP contribution is -2.05. The quantitative estimate of drug-likeness (QED) is 0.626. The second kappa shape index (κ2) is 7.65. The number of aromatic nitrogens is 2. The summed E-state index contributed by atoms with van der Waals surface area (Å²) in [5.74, 6) is 0.897. The van der Waals surface area contributed by atoms with Crippen molar-refractivity contribution in [2.75, 3.05) is 7.11 Å². The fourth-order valence-electron chi connectivity index (χ4n) is 2.53. The summed E-state index contributed by atoms with van der Waals surface area (Å²) in [6, 6.07) is 14.0. The highest BCUT2D eigenvalue weighted by Gasteiger charge is 2.30. The SMILES string of the molecule is COc1ccc(COc2nnc(C)cc2-c2cccc(C(F)(F)F)c2)cc1. The highest BCUT2D eigenvalue weighted by molar-refractivity contribution is 5.69. The van der Waals surface area contributed by atoms with E-state index in [-0.39, 0.29) is 12.5 Å². The van der Waals surface area contributed by atoms with Crippen LogP contribution in [0, 0.1) is 6.92 Å². The van der Waals surface area contributed by atoms with Crippen molar-refractivity contribution in [3.8, 4) is 22.8 Å². The van der Waals surface area contributed by atoms with Crippen molar-refractivity contribution in [2.24, 2.45) is 0 Å². The molecule has 0 N–H and O–H groups in total. The van der Waals surface area contributed by atoms with Gasteiger partial charge in [0, 0.05) is 5.56 Å². The van der Waals surface area contributed by atoms with Crippen LogP contribution in [0.3, 0.4) is 0 Å². The molecule has 0 radical (unpaired) electrons. The van der Waals surface area contributed by atoms with Gasteiger partial charge in [-0.05, 0) is 48.4 Å². The van der Waals surface area contributed by atoms with E-state index in [1.165, 1.54) is 6.07 Å². The number of ether oxygens (including phenoxy) is 2. The number of aryl methyl sites for hydroxylation is 1. The molecule has 3 rings (SSSR count). The fourth-order valence-corrected chi connectivity index (χ4v) is 2.53. The third-order valence-corrected chi connectivity index (χ3v) is 3.92. The lowest BCUT2D eigenvalue weighted by molar-refractivity contribution is -0.137. The van der Waals surface area contributed by atoms with Gasteiger partial charge in [0.1, 0.15) is 12.4 Å². The standard InChI is InChI=1S/C20H17F3N2O2/c1-13-10-18(15-4-3-5-16(11-15)20(21,22)23)19(25-24-13)27-12-14-6-8-17(26-2)9-7-14/h3-11H,12H2,1-2H3. The maximum absolute atomic E-state index is 13.0. The number of hydrogen-bond acceptors (Lipinski definition) is 4. The third kappa shape index (κ3) is 4.55. The molecule has 7 heteroatoms. The fraction of sp³-hybridized carbons (Fsp3) is 0.200. The van der Waals surface area contributed by atoms with Crippen LogP contribution in [0.5, 0.6) is 11.6 Å². The molecule has 0 amide bonds. The summed E-state index contributed by atoms with van der Waals surface area (Å²) in [5.41, 5.74) is 1.55. The Kier molecular flexibility index (Phi) is 5.30. The molecular formula is C20H17F3N2O2. The highest BCUT2D eigenvalue weighted by Crippen LogP contribution is 2.34. The summed E-state index contributed by atoms with van der Waals surface area (Å²) in [6.07, 6.45) is -4.42. The van der Waals surface area contributed by atoms with Gasteiger partial charge in [-0.3, -0.25) is 0 Å². The van der Waals surface area contributed by atoms with Gasteiger partial charge in [0.2, 0.25) is 5.88 Å². The molecule has 2 aromatic carbocycles. The Labute approximate surface area is 154 Å². The molecule has 3 aromatic rings. The minimum atomic E-state index is -4.42. The minimum absolute atomic E-state index is 0.177. The van der Waals surface area contributed by atoms with Crippen molar-refractivity contribution >= 4 is 0 Å². The Morgan fingerprint density at radius 1 is 0.963 bits per heavy atom. The Morgan fingerprint density at radius 2 is 1.70 bits per heavy atom. The number of methoxy groups -OCH3 is 1. The molecule has 0 aliphatic rings. The summed E-state index contributed by atoms with van der Waals surface area (Å²) >= 11 is 0. The first kappa shape index (κ1) is 18.7. The van der Waals surface area contributed by atoms with Gasteiger partial charge in [-0.15, -0.1) is 5.10 Å². The van der Waals surface area contributed by atoms with E-state index < -0.39 is 11.7 Å². The number of alkyl halides is 3. The van der Waals surface area contributed by atoms with Crippen molar-refractivity contribution in [3.05, 3.63) is 71.4 Å². The van der Waals surface area contributed by atoms with E-state index in [2.05, 4.69) is 10.2 Å². The first-order valence-electron chi connectivity index (χ1n) is 8.14. The van der Waals surface area contributed by atoms with E-state index in [9.17, 15) is 13.2 Å². The molecule has 0 aliphatic heterocycles. The molecule has 1 aromatic heterocycles. The molecule has 4 nitrogen and oxygen atoms in total. The van der Waals surface area contributed by atoms with Gasteiger partial charge < -0.3 is 9.47 Å². The molecule has 0 fully saturated rings. The van der Waals surface area contributed by atoms with Crippen molar-refractivity contribution in [1.82, 2.24) is 10.2 Å². The van der Waals surface area contributed by atoms with E-state index in [0.29, 0.717) is 16.8 Å². The van der Waals surface area contributed by atoms with Crippen LogP contribution < -0.4 is 9.47 Å². The lowest BCUT2D eigenvalue weighted by Gasteiger charge is -2.13. The summed E-state index contributed by atoms with van der Waals surface area (Å²) in [7, 11) is 1.58. The molecule has 0 spiro atoms. The van der Waals surface area contributed by atoms with Gasteiger partial charge in [-0.1, -0.05) is 24.3 Å². The van der Waals surface area contributed by atoms with Gasteiger partial charge in [-0.2, -0.15) is 18.3 Å². The number of nitrogens with zero attached hydrogens (tertiary/aromatic N) is 2. The smallest absolute Gasteiger partial charge is 0.416 e. The highest BCUT2D eigenvalue weighted by atomic mass is 19.4. The Bertz CT molecular complexity index is 925. The second-order valence-electron chi connectivity index (χ2n) is 5.92. The van der Waals surface area contributed by atoms with Crippen LogP contribution >= 0.6 is 0 Å². The van der Waals surface area contributed by atoms with E-state index >= 15 is 0 Å². The number of halogens is 3. The third-order valence-electron chi connectivity index (χ3n) is 3.92. The molecule has 0 saturated carbocycles. The molecular weight excluding hydrogens is 357 g/mol. The maximum atomic E-state index is 13.0. The van der Waals surface area contributed by atoms with Crippen molar-refractivity contribution in [3.63, 3.8) is 0 Å². The van der Waals surface area contributed by atoms with Gasteiger partial charge in [0.25, 0.3) is 0 Å².